The first-order valence-corrected chi connectivity index (χ1v) is 10.7. The Kier molecular flexibility index (Phi) is 5.38. The molecule has 1 N–H and O–H groups in total. The number of fused-ring (bicyclic) bond motifs is 1. The summed E-state index contributed by atoms with van der Waals surface area (Å²) in [6.45, 7) is 0.166. The average molecular weight is 437 g/mol. The van der Waals surface area contributed by atoms with Crippen molar-refractivity contribution in [2.75, 3.05) is 0 Å². The minimum Gasteiger partial charge on any atom is -0.347 e. The van der Waals surface area contributed by atoms with E-state index in [0.717, 1.165) is 35.0 Å². The molecule has 1 aliphatic carbocycles. The van der Waals surface area contributed by atoms with Crippen LogP contribution in [0.15, 0.2) is 47.0 Å². The summed E-state index contributed by atoms with van der Waals surface area (Å²) in [4.78, 5) is 16.6. The summed E-state index contributed by atoms with van der Waals surface area (Å²) in [5.41, 5.74) is 3.52. The van der Waals surface area contributed by atoms with Gasteiger partial charge in [0.1, 0.15) is 5.52 Å². The highest BCUT2D eigenvalue weighted by Crippen LogP contribution is 2.31. The minimum absolute atomic E-state index is 0.132. The number of hydrogen-bond donors (Lipinski definition) is 1. The fourth-order valence-electron chi connectivity index (χ4n) is 3.97. The van der Waals surface area contributed by atoms with E-state index in [1.807, 2.05) is 35.0 Å². The van der Waals surface area contributed by atoms with Gasteiger partial charge in [-0.15, -0.1) is 5.10 Å². The normalized spacial score (nSPS) is 14.4. The number of carbonyl (C=O) groups is 1. The highest BCUT2D eigenvalue weighted by Gasteiger charge is 2.20. The number of nitrogens with one attached hydrogen (secondary N) is 1. The molecular formula is C22H21ClN6O2. The molecule has 2 aromatic carbocycles. The van der Waals surface area contributed by atoms with Gasteiger partial charge in [-0.3, -0.25) is 4.79 Å². The zero-order chi connectivity index (χ0) is 21.2. The summed E-state index contributed by atoms with van der Waals surface area (Å²) in [5, 5.41) is 16.2. The van der Waals surface area contributed by atoms with Gasteiger partial charge in [-0.1, -0.05) is 46.9 Å². The number of nitrogens with zero attached hydrogens (tertiary/aromatic N) is 5. The van der Waals surface area contributed by atoms with E-state index < -0.39 is 0 Å². The summed E-state index contributed by atoms with van der Waals surface area (Å²) < 4.78 is 7.33. The lowest BCUT2D eigenvalue weighted by atomic mass is 10.1. The quantitative estimate of drug-likeness (QED) is 0.488. The summed E-state index contributed by atoms with van der Waals surface area (Å²) in [5.74, 6) is 0.667. The maximum atomic E-state index is 12.2. The number of halogens is 1. The third-order valence-corrected chi connectivity index (χ3v) is 5.83. The molecule has 9 heteroatoms. The Balaban J connectivity index is 1.24. The van der Waals surface area contributed by atoms with Gasteiger partial charge in [-0.2, -0.15) is 4.98 Å². The van der Waals surface area contributed by atoms with Gasteiger partial charge in [0.2, 0.25) is 17.6 Å². The van der Waals surface area contributed by atoms with Gasteiger partial charge in [-0.05, 0) is 48.7 Å². The topological polar surface area (TPSA) is 98.7 Å². The number of amides is 1. The molecule has 0 atom stereocenters. The summed E-state index contributed by atoms with van der Waals surface area (Å²) in [6, 6.07) is 13.5. The van der Waals surface area contributed by atoms with E-state index in [4.69, 9.17) is 16.1 Å². The van der Waals surface area contributed by atoms with E-state index in [1.165, 1.54) is 12.8 Å². The second-order valence-electron chi connectivity index (χ2n) is 7.77. The molecule has 2 heterocycles. The fraction of sp³-hybridized carbons (Fsp3) is 0.318. The lowest BCUT2D eigenvalue weighted by molar-refractivity contribution is -0.120. The number of hydrogen-bond acceptors (Lipinski definition) is 6. The van der Waals surface area contributed by atoms with E-state index in [9.17, 15) is 4.79 Å². The zero-order valence-corrected chi connectivity index (χ0v) is 17.5. The molecule has 8 nitrogen and oxygen atoms in total. The molecule has 4 aromatic rings. The standard InChI is InChI=1S/C22H21ClN6O2/c23-16-8-5-14(6-9-16)11-20(30)24-13-21-25-22(27-31-21)15-7-10-19-18(12-15)26-28-29(19)17-3-1-2-4-17/h5-10,12,17H,1-4,11,13H2,(H,24,30). The minimum atomic E-state index is -0.132. The molecule has 2 aromatic heterocycles. The summed E-state index contributed by atoms with van der Waals surface area (Å²) in [6.07, 6.45) is 5.04. The third-order valence-electron chi connectivity index (χ3n) is 5.58. The van der Waals surface area contributed by atoms with Crippen LogP contribution in [0.4, 0.5) is 0 Å². The van der Waals surface area contributed by atoms with E-state index in [-0.39, 0.29) is 18.9 Å². The number of aromatic nitrogens is 5. The summed E-state index contributed by atoms with van der Waals surface area (Å²) in [7, 11) is 0. The molecule has 0 spiro atoms. The molecule has 5 rings (SSSR count). The smallest absolute Gasteiger partial charge is 0.246 e. The maximum absolute atomic E-state index is 12.2. The van der Waals surface area contributed by atoms with Crippen molar-refractivity contribution in [3.63, 3.8) is 0 Å². The van der Waals surface area contributed by atoms with Crippen LogP contribution in [0.1, 0.15) is 43.2 Å². The highest BCUT2D eigenvalue weighted by atomic mass is 35.5. The van der Waals surface area contributed by atoms with Crippen molar-refractivity contribution in [3.05, 3.63) is 58.9 Å². The van der Waals surface area contributed by atoms with Crippen molar-refractivity contribution < 1.29 is 9.32 Å². The van der Waals surface area contributed by atoms with Gasteiger partial charge in [-0.25, -0.2) is 4.68 Å². The van der Waals surface area contributed by atoms with Gasteiger partial charge < -0.3 is 9.84 Å². The lowest BCUT2D eigenvalue weighted by Gasteiger charge is -2.09. The lowest BCUT2D eigenvalue weighted by Crippen LogP contribution is -2.24. The van der Waals surface area contributed by atoms with Gasteiger partial charge >= 0.3 is 0 Å². The van der Waals surface area contributed by atoms with Crippen molar-refractivity contribution >= 4 is 28.5 Å². The molecule has 31 heavy (non-hydrogen) atoms. The van der Waals surface area contributed by atoms with Gasteiger partial charge in [0, 0.05) is 10.6 Å². The predicted octanol–water partition coefficient (Wildman–Crippen LogP) is 4.11. The predicted molar refractivity (Wildman–Crippen MR) is 115 cm³/mol. The van der Waals surface area contributed by atoms with Crippen molar-refractivity contribution in [2.24, 2.45) is 0 Å². The monoisotopic (exact) mass is 436 g/mol. The molecule has 1 fully saturated rings. The number of rotatable bonds is 6. The van der Waals surface area contributed by atoms with E-state index in [0.29, 0.717) is 22.8 Å². The SMILES string of the molecule is O=C(Cc1ccc(Cl)cc1)NCc1nc(-c2ccc3c(c2)nnn3C2CCCC2)no1. The number of carbonyl (C=O) groups excluding carboxylic acids is 1. The van der Waals surface area contributed by atoms with Crippen molar-refractivity contribution in [1.29, 1.82) is 0 Å². The molecule has 158 valence electrons. The van der Waals surface area contributed by atoms with Gasteiger partial charge in [0.15, 0.2) is 0 Å². The van der Waals surface area contributed by atoms with Crippen LogP contribution in [0, 0.1) is 0 Å². The van der Waals surface area contributed by atoms with Crippen molar-refractivity contribution in [2.45, 2.75) is 44.7 Å². The molecule has 1 aliphatic rings. The van der Waals surface area contributed by atoms with Gasteiger partial charge in [0.25, 0.3) is 0 Å². The molecule has 1 amide bonds. The second-order valence-corrected chi connectivity index (χ2v) is 8.20. The molecule has 0 bridgehead atoms. The molecule has 0 radical (unpaired) electrons. The van der Waals surface area contributed by atoms with E-state index in [1.54, 1.807) is 12.1 Å². The molecule has 0 saturated heterocycles. The Bertz CT molecular complexity index is 1210. The number of benzene rings is 2. The Labute approximate surface area is 183 Å². The molecule has 0 unspecified atom stereocenters. The van der Waals surface area contributed by atoms with Crippen molar-refractivity contribution in [1.82, 2.24) is 30.5 Å². The highest BCUT2D eigenvalue weighted by molar-refractivity contribution is 6.30. The van der Waals surface area contributed by atoms with E-state index >= 15 is 0 Å². The van der Waals surface area contributed by atoms with Crippen LogP contribution in [0.2, 0.25) is 5.02 Å². The largest absolute Gasteiger partial charge is 0.347 e. The van der Waals surface area contributed by atoms with Crippen LogP contribution in [0.3, 0.4) is 0 Å². The van der Waals surface area contributed by atoms with Gasteiger partial charge in [0.05, 0.1) is 24.5 Å². The molecular weight excluding hydrogens is 416 g/mol. The maximum Gasteiger partial charge on any atom is 0.246 e. The molecule has 0 aliphatic heterocycles. The van der Waals surface area contributed by atoms with Crippen LogP contribution >= 0.6 is 11.6 Å². The van der Waals surface area contributed by atoms with Crippen molar-refractivity contribution in [3.8, 4) is 11.4 Å². The van der Waals surface area contributed by atoms with E-state index in [2.05, 4.69) is 25.8 Å². The second kappa shape index (κ2) is 8.47. The Morgan fingerprint density at radius 1 is 1.16 bits per heavy atom. The first kappa shape index (κ1) is 19.7. The average Bonchev–Trinajstić information content (AvgIpc) is 3.53. The van der Waals surface area contributed by atoms with Crippen LogP contribution in [0.5, 0.6) is 0 Å². The van der Waals surface area contributed by atoms with Crippen LogP contribution in [-0.4, -0.2) is 31.0 Å². The Morgan fingerprint density at radius 3 is 2.77 bits per heavy atom. The first-order chi connectivity index (χ1) is 15.2. The molecule has 1 saturated carbocycles. The Hall–Kier alpha value is -3.26. The van der Waals surface area contributed by atoms with Crippen LogP contribution < -0.4 is 5.32 Å². The van der Waals surface area contributed by atoms with Crippen LogP contribution in [-0.2, 0) is 17.8 Å². The fourth-order valence-corrected chi connectivity index (χ4v) is 4.09. The summed E-state index contributed by atoms with van der Waals surface area (Å²) >= 11 is 5.87. The zero-order valence-electron chi connectivity index (χ0n) is 16.8. The Morgan fingerprint density at radius 2 is 1.97 bits per heavy atom. The first-order valence-electron chi connectivity index (χ1n) is 10.3. The third kappa shape index (κ3) is 4.29. The van der Waals surface area contributed by atoms with Crippen LogP contribution in [0.25, 0.3) is 22.4 Å².